The molecule has 2 heterocycles. The van der Waals surface area contributed by atoms with Crippen LogP contribution in [0.25, 0.3) is 0 Å². The van der Waals surface area contributed by atoms with E-state index in [1.807, 2.05) is 0 Å². The Morgan fingerprint density at radius 3 is 2.95 bits per heavy atom. The second-order valence-electron chi connectivity index (χ2n) is 5.36. The van der Waals surface area contributed by atoms with Gasteiger partial charge in [0.15, 0.2) is 0 Å². The van der Waals surface area contributed by atoms with Gasteiger partial charge in [-0.25, -0.2) is 4.39 Å². The van der Waals surface area contributed by atoms with Crippen LogP contribution in [0.15, 0.2) is 18.2 Å². The third kappa shape index (κ3) is 2.13. The van der Waals surface area contributed by atoms with Crippen LogP contribution >= 0.6 is 11.6 Å². The molecule has 5 heteroatoms. The molecule has 1 N–H and O–H groups in total. The van der Waals surface area contributed by atoms with Crippen molar-refractivity contribution < 1.29 is 14.3 Å². The number of rotatable bonds is 3. The molecule has 3 nitrogen and oxygen atoms in total. The third-order valence-electron chi connectivity index (χ3n) is 4.38. The molecule has 19 heavy (non-hydrogen) atoms. The highest BCUT2D eigenvalue weighted by atomic mass is 35.5. The molecule has 1 aromatic carbocycles. The molecular formula is C14H15ClFNO2. The van der Waals surface area contributed by atoms with Crippen molar-refractivity contribution in [1.82, 2.24) is 4.90 Å². The summed E-state index contributed by atoms with van der Waals surface area (Å²) in [5.74, 6) is -1.42. The van der Waals surface area contributed by atoms with E-state index < -0.39 is 5.97 Å². The first-order chi connectivity index (χ1) is 9.08. The molecule has 2 bridgehead atoms. The first kappa shape index (κ1) is 12.9. The number of fused-ring (bicyclic) bond motifs is 2. The van der Waals surface area contributed by atoms with Gasteiger partial charge in [0.2, 0.25) is 0 Å². The zero-order chi connectivity index (χ0) is 13.6. The molecule has 0 aliphatic carbocycles. The lowest BCUT2D eigenvalue weighted by atomic mass is 9.89. The first-order valence-corrected chi connectivity index (χ1v) is 6.87. The number of hydrogen-bond acceptors (Lipinski definition) is 2. The van der Waals surface area contributed by atoms with Crippen molar-refractivity contribution in [3.8, 4) is 0 Å². The number of carboxylic acids is 1. The van der Waals surface area contributed by atoms with Crippen LogP contribution in [0.2, 0.25) is 5.02 Å². The fourth-order valence-corrected chi connectivity index (χ4v) is 3.67. The van der Waals surface area contributed by atoms with Crippen molar-refractivity contribution in [3.63, 3.8) is 0 Å². The van der Waals surface area contributed by atoms with Gasteiger partial charge in [-0.1, -0.05) is 23.7 Å². The second kappa shape index (κ2) is 4.76. The molecule has 0 radical (unpaired) electrons. The maximum absolute atomic E-state index is 13.9. The minimum absolute atomic E-state index is 0.0425. The number of hydrogen-bond donors (Lipinski definition) is 1. The lowest BCUT2D eigenvalue weighted by molar-refractivity contribution is -0.142. The van der Waals surface area contributed by atoms with E-state index in [4.69, 9.17) is 11.6 Å². The van der Waals surface area contributed by atoms with Crippen LogP contribution in [0, 0.1) is 11.7 Å². The Morgan fingerprint density at radius 1 is 1.47 bits per heavy atom. The number of nitrogens with zero attached hydrogens (tertiary/aromatic N) is 1. The number of halogens is 2. The van der Waals surface area contributed by atoms with Crippen molar-refractivity contribution in [2.24, 2.45) is 5.92 Å². The molecule has 0 saturated carbocycles. The van der Waals surface area contributed by atoms with Gasteiger partial charge < -0.3 is 5.11 Å². The summed E-state index contributed by atoms with van der Waals surface area (Å²) < 4.78 is 13.9. The molecular weight excluding hydrogens is 269 g/mol. The van der Waals surface area contributed by atoms with Crippen LogP contribution in [0.5, 0.6) is 0 Å². The highest BCUT2D eigenvalue weighted by Crippen LogP contribution is 2.42. The van der Waals surface area contributed by atoms with Crippen LogP contribution in [-0.4, -0.2) is 28.1 Å². The number of benzene rings is 1. The van der Waals surface area contributed by atoms with Gasteiger partial charge in [-0.3, -0.25) is 9.69 Å². The Labute approximate surface area is 116 Å². The lowest BCUT2D eigenvalue weighted by Gasteiger charge is -2.23. The molecule has 102 valence electrons. The summed E-state index contributed by atoms with van der Waals surface area (Å²) in [6.45, 7) is 0.450. The second-order valence-corrected chi connectivity index (χ2v) is 5.77. The van der Waals surface area contributed by atoms with E-state index >= 15 is 0 Å². The van der Waals surface area contributed by atoms with Gasteiger partial charge in [-0.2, -0.15) is 0 Å². The summed E-state index contributed by atoms with van der Waals surface area (Å²) >= 11 is 5.78. The molecule has 1 aromatic rings. The molecule has 3 unspecified atom stereocenters. The van der Waals surface area contributed by atoms with Crippen molar-refractivity contribution in [1.29, 1.82) is 0 Å². The van der Waals surface area contributed by atoms with Crippen LogP contribution in [-0.2, 0) is 11.3 Å². The van der Waals surface area contributed by atoms with E-state index in [0.717, 1.165) is 12.8 Å². The lowest BCUT2D eigenvalue weighted by Crippen LogP contribution is -2.32. The van der Waals surface area contributed by atoms with Crippen LogP contribution in [0.3, 0.4) is 0 Å². The Hall–Kier alpha value is -1.13. The highest BCUT2D eigenvalue weighted by Gasteiger charge is 2.49. The normalized spacial score (nSPS) is 29.9. The Balaban J connectivity index is 1.81. The first-order valence-electron chi connectivity index (χ1n) is 6.49. The van der Waals surface area contributed by atoms with Gasteiger partial charge in [0.05, 0.1) is 10.9 Å². The fourth-order valence-electron chi connectivity index (χ4n) is 3.48. The van der Waals surface area contributed by atoms with Crippen LogP contribution in [0.4, 0.5) is 4.39 Å². The SMILES string of the molecule is O=C(O)C1CC2CCC1N2Cc1cccc(Cl)c1F. The Kier molecular flexibility index (Phi) is 3.23. The van der Waals surface area contributed by atoms with Crippen molar-refractivity contribution in [2.45, 2.75) is 37.9 Å². The molecule has 2 aliphatic rings. The Bertz CT molecular complexity index is 522. The van der Waals surface area contributed by atoms with Gasteiger partial charge in [-0.05, 0) is 25.3 Å². The van der Waals surface area contributed by atoms with Gasteiger partial charge in [0, 0.05) is 24.2 Å². The molecule has 0 amide bonds. The van der Waals surface area contributed by atoms with Crippen LogP contribution < -0.4 is 0 Å². The van der Waals surface area contributed by atoms with Crippen molar-refractivity contribution in [2.75, 3.05) is 0 Å². The molecule has 2 aliphatic heterocycles. The highest BCUT2D eigenvalue weighted by molar-refractivity contribution is 6.30. The standard InChI is InChI=1S/C14H15ClFNO2/c15-11-3-1-2-8(13(11)16)7-17-9-4-5-12(17)10(6-9)14(18)19/h1-3,9-10,12H,4-7H2,(H,18,19). The van der Waals surface area contributed by atoms with Gasteiger partial charge in [0.1, 0.15) is 5.82 Å². The van der Waals surface area contributed by atoms with E-state index in [1.165, 1.54) is 6.07 Å². The Morgan fingerprint density at radius 2 is 2.26 bits per heavy atom. The fraction of sp³-hybridized carbons (Fsp3) is 0.500. The van der Waals surface area contributed by atoms with Crippen molar-refractivity contribution in [3.05, 3.63) is 34.6 Å². The maximum atomic E-state index is 13.9. The summed E-state index contributed by atoms with van der Waals surface area (Å²) in [5, 5.41) is 9.32. The molecule has 3 rings (SSSR count). The van der Waals surface area contributed by atoms with Gasteiger partial charge in [0.25, 0.3) is 0 Å². The minimum Gasteiger partial charge on any atom is -0.481 e. The quantitative estimate of drug-likeness (QED) is 0.927. The van der Waals surface area contributed by atoms with E-state index in [0.29, 0.717) is 18.5 Å². The third-order valence-corrected chi connectivity index (χ3v) is 4.67. The summed E-state index contributed by atoms with van der Waals surface area (Å²) in [7, 11) is 0. The average molecular weight is 284 g/mol. The molecule has 0 spiro atoms. The monoisotopic (exact) mass is 283 g/mol. The number of carbonyl (C=O) groups is 1. The van der Waals surface area contributed by atoms with E-state index in [1.54, 1.807) is 12.1 Å². The zero-order valence-corrected chi connectivity index (χ0v) is 11.1. The van der Waals surface area contributed by atoms with E-state index in [-0.39, 0.29) is 28.8 Å². The largest absolute Gasteiger partial charge is 0.481 e. The predicted octanol–water partition coefficient (Wildman–Crippen LogP) is 2.92. The minimum atomic E-state index is -0.733. The summed E-state index contributed by atoms with van der Waals surface area (Å²) in [6, 6.07) is 5.28. The van der Waals surface area contributed by atoms with Crippen molar-refractivity contribution >= 4 is 17.6 Å². The zero-order valence-electron chi connectivity index (χ0n) is 10.4. The van der Waals surface area contributed by atoms with Crippen LogP contribution in [0.1, 0.15) is 24.8 Å². The maximum Gasteiger partial charge on any atom is 0.308 e. The molecule has 0 aromatic heterocycles. The molecule has 2 saturated heterocycles. The molecule has 2 fully saturated rings. The summed E-state index contributed by atoms with van der Waals surface area (Å²) in [4.78, 5) is 13.3. The van der Waals surface area contributed by atoms with Gasteiger partial charge >= 0.3 is 5.97 Å². The average Bonchev–Trinajstić information content (AvgIpc) is 2.92. The summed E-state index contributed by atoms with van der Waals surface area (Å²) in [6.07, 6.45) is 2.59. The predicted molar refractivity (Wildman–Crippen MR) is 69.5 cm³/mol. The number of aliphatic carboxylic acids is 1. The molecule has 3 atom stereocenters. The topological polar surface area (TPSA) is 40.5 Å². The number of carboxylic acid groups (broad SMARTS) is 1. The smallest absolute Gasteiger partial charge is 0.308 e. The summed E-state index contributed by atoms with van der Waals surface area (Å²) in [5.41, 5.74) is 0.551. The van der Waals surface area contributed by atoms with E-state index in [9.17, 15) is 14.3 Å². The van der Waals surface area contributed by atoms with E-state index in [2.05, 4.69) is 4.90 Å². The van der Waals surface area contributed by atoms with Gasteiger partial charge in [-0.15, -0.1) is 0 Å².